The number of nitrogens with zero attached hydrogens (tertiary/aromatic N) is 1. The molecule has 0 saturated carbocycles. The second-order valence-electron chi connectivity index (χ2n) is 4.23. The van der Waals surface area contributed by atoms with Gasteiger partial charge in [0.1, 0.15) is 5.76 Å². The summed E-state index contributed by atoms with van der Waals surface area (Å²) in [5, 5.41) is 3.86. The van der Waals surface area contributed by atoms with Gasteiger partial charge in [-0.3, -0.25) is 4.90 Å². The molecule has 3 nitrogen and oxygen atoms in total. The molecule has 0 amide bonds. The molecule has 0 bridgehead atoms. The van der Waals surface area contributed by atoms with Crippen molar-refractivity contribution in [2.45, 2.75) is 25.8 Å². The number of hydrogen-bond acceptors (Lipinski definition) is 3. The molecule has 1 N–H and O–H groups in total. The molecule has 1 atom stereocenters. The van der Waals surface area contributed by atoms with Crippen LogP contribution < -0.4 is 5.32 Å². The van der Waals surface area contributed by atoms with Crippen LogP contribution in [0.3, 0.4) is 0 Å². The maximum Gasteiger partial charge on any atom is 0.193 e. The standard InChI is InChI=1S/C12H19ClN2O.2ClH/c1-2-3-10(11-4-5-12(13)16-11)15-8-6-14-7-9-15;;/h4-5,10,14H,2-3,6-9H2,1H3;2*1H/t10-;;/m1../s1. The van der Waals surface area contributed by atoms with E-state index < -0.39 is 0 Å². The normalized spacial score (nSPS) is 17.7. The van der Waals surface area contributed by atoms with E-state index in [4.69, 9.17) is 16.0 Å². The minimum Gasteiger partial charge on any atom is -0.448 e. The zero-order valence-electron chi connectivity index (χ0n) is 10.5. The van der Waals surface area contributed by atoms with Crippen LogP contribution >= 0.6 is 36.4 Å². The number of hydrogen-bond donors (Lipinski definition) is 1. The van der Waals surface area contributed by atoms with Gasteiger partial charge < -0.3 is 9.73 Å². The molecular formula is C12H21Cl3N2O. The van der Waals surface area contributed by atoms with Gasteiger partial charge in [-0.15, -0.1) is 24.8 Å². The van der Waals surface area contributed by atoms with E-state index in [1.807, 2.05) is 12.1 Å². The number of nitrogens with one attached hydrogen (secondary N) is 1. The van der Waals surface area contributed by atoms with E-state index in [9.17, 15) is 0 Å². The maximum absolute atomic E-state index is 5.85. The average Bonchev–Trinajstić information content (AvgIpc) is 2.74. The van der Waals surface area contributed by atoms with Crippen LogP contribution in [0.4, 0.5) is 0 Å². The van der Waals surface area contributed by atoms with Crippen molar-refractivity contribution in [3.8, 4) is 0 Å². The smallest absolute Gasteiger partial charge is 0.193 e. The highest BCUT2D eigenvalue weighted by Gasteiger charge is 2.23. The first-order valence-corrected chi connectivity index (χ1v) is 6.39. The van der Waals surface area contributed by atoms with Crippen molar-refractivity contribution >= 4 is 36.4 Å². The van der Waals surface area contributed by atoms with Gasteiger partial charge in [0.2, 0.25) is 0 Å². The molecule has 6 heteroatoms. The SMILES string of the molecule is CCC[C@H](c1ccc(Cl)o1)N1CCNCC1.Cl.Cl. The topological polar surface area (TPSA) is 28.4 Å². The molecule has 18 heavy (non-hydrogen) atoms. The van der Waals surface area contributed by atoms with Gasteiger partial charge in [-0.1, -0.05) is 13.3 Å². The predicted molar refractivity (Wildman–Crippen MR) is 80.3 cm³/mol. The second-order valence-corrected chi connectivity index (χ2v) is 4.60. The molecule has 106 valence electrons. The summed E-state index contributed by atoms with van der Waals surface area (Å²) in [5.41, 5.74) is 0. The Morgan fingerprint density at radius 2 is 2.00 bits per heavy atom. The lowest BCUT2D eigenvalue weighted by atomic mass is 10.1. The van der Waals surface area contributed by atoms with Crippen LogP contribution in [0.5, 0.6) is 0 Å². The molecule has 1 aromatic rings. The summed E-state index contributed by atoms with van der Waals surface area (Å²) in [6.07, 6.45) is 2.29. The molecule has 0 radical (unpaired) electrons. The Bertz CT molecular complexity index is 327. The van der Waals surface area contributed by atoms with Crippen molar-refractivity contribution in [3.05, 3.63) is 23.1 Å². The molecule has 2 rings (SSSR count). The minimum atomic E-state index is 0. The third-order valence-corrected chi connectivity index (χ3v) is 3.28. The monoisotopic (exact) mass is 314 g/mol. The van der Waals surface area contributed by atoms with Crippen molar-refractivity contribution in [1.82, 2.24) is 10.2 Å². The summed E-state index contributed by atoms with van der Waals surface area (Å²) < 4.78 is 5.55. The highest BCUT2D eigenvalue weighted by molar-refractivity contribution is 6.28. The Balaban J connectivity index is 0.00000144. The zero-order chi connectivity index (χ0) is 11.4. The third-order valence-electron chi connectivity index (χ3n) is 3.08. The minimum absolute atomic E-state index is 0. The van der Waals surface area contributed by atoms with Gasteiger partial charge in [0, 0.05) is 26.2 Å². The Labute approximate surface area is 126 Å². The molecule has 0 aliphatic carbocycles. The fraction of sp³-hybridized carbons (Fsp3) is 0.667. The van der Waals surface area contributed by atoms with Crippen LogP contribution in [0, 0.1) is 0 Å². The first kappa shape index (κ1) is 18.1. The average molecular weight is 316 g/mol. The molecule has 0 spiro atoms. The molecule has 1 fully saturated rings. The van der Waals surface area contributed by atoms with Gasteiger partial charge in [-0.05, 0) is 30.2 Å². The molecule has 0 unspecified atom stereocenters. The van der Waals surface area contributed by atoms with Gasteiger partial charge in [0.15, 0.2) is 5.22 Å². The largest absolute Gasteiger partial charge is 0.448 e. The number of piperazine rings is 1. The highest BCUT2D eigenvalue weighted by atomic mass is 35.5. The molecule has 1 aromatic heterocycles. The maximum atomic E-state index is 5.85. The summed E-state index contributed by atoms with van der Waals surface area (Å²) >= 11 is 5.85. The van der Waals surface area contributed by atoms with Crippen LogP contribution in [0.2, 0.25) is 5.22 Å². The molecular weight excluding hydrogens is 295 g/mol. The Morgan fingerprint density at radius 1 is 1.33 bits per heavy atom. The van der Waals surface area contributed by atoms with Gasteiger partial charge in [0.05, 0.1) is 6.04 Å². The van der Waals surface area contributed by atoms with Gasteiger partial charge in [0.25, 0.3) is 0 Å². The van der Waals surface area contributed by atoms with E-state index in [-0.39, 0.29) is 24.8 Å². The fourth-order valence-corrected chi connectivity index (χ4v) is 2.43. The summed E-state index contributed by atoms with van der Waals surface area (Å²) in [5.74, 6) is 1.01. The van der Waals surface area contributed by atoms with Crippen molar-refractivity contribution < 1.29 is 4.42 Å². The Morgan fingerprint density at radius 3 is 2.50 bits per heavy atom. The molecule has 0 aromatic carbocycles. The van der Waals surface area contributed by atoms with Crippen molar-refractivity contribution in [2.24, 2.45) is 0 Å². The van der Waals surface area contributed by atoms with Crippen LogP contribution in [0.15, 0.2) is 16.5 Å². The van der Waals surface area contributed by atoms with Gasteiger partial charge in [-0.2, -0.15) is 0 Å². The molecule has 1 aliphatic rings. The van der Waals surface area contributed by atoms with E-state index in [0.29, 0.717) is 11.3 Å². The van der Waals surface area contributed by atoms with E-state index >= 15 is 0 Å². The van der Waals surface area contributed by atoms with E-state index in [1.54, 1.807) is 0 Å². The van der Waals surface area contributed by atoms with Crippen LogP contribution in [-0.2, 0) is 0 Å². The lowest BCUT2D eigenvalue weighted by Crippen LogP contribution is -2.45. The number of furan rings is 1. The first-order chi connectivity index (χ1) is 7.81. The first-order valence-electron chi connectivity index (χ1n) is 6.01. The van der Waals surface area contributed by atoms with E-state index in [0.717, 1.165) is 44.8 Å². The number of rotatable bonds is 4. The third kappa shape index (κ3) is 4.63. The molecule has 1 saturated heterocycles. The summed E-state index contributed by atoms with van der Waals surface area (Å²) in [6, 6.07) is 4.23. The summed E-state index contributed by atoms with van der Waals surface area (Å²) in [7, 11) is 0. The molecule has 1 aliphatic heterocycles. The van der Waals surface area contributed by atoms with Crippen molar-refractivity contribution in [2.75, 3.05) is 26.2 Å². The lowest BCUT2D eigenvalue weighted by Gasteiger charge is -2.33. The Kier molecular flexibility index (Phi) is 9.09. The van der Waals surface area contributed by atoms with Crippen molar-refractivity contribution in [1.29, 1.82) is 0 Å². The van der Waals surface area contributed by atoms with Crippen LogP contribution in [-0.4, -0.2) is 31.1 Å². The van der Waals surface area contributed by atoms with E-state index in [1.165, 1.54) is 0 Å². The lowest BCUT2D eigenvalue weighted by molar-refractivity contribution is 0.146. The zero-order valence-corrected chi connectivity index (χ0v) is 12.9. The van der Waals surface area contributed by atoms with Crippen molar-refractivity contribution in [3.63, 3.8) is 0 Å². The Hall–Kier alpha value is 0.0700. The summed E-state index contributed by atoms with van der Waals surface area (Å²) in [6.45, 7) is 6.51. The number of halogens is 3. The predicted octanol–water partition coefficient (Wildman–Crippen LogP) is 3.52. The highest BCUT2D eigenvalue weighted by Crippen LogP contribution is 2.28. The second kappa shape index (κ2) is 9.05. The quantitative estimate of drug-likeness (QED) is 0.921. The molecule has 2 heterocycles. The van der Waals surface area contributed by atoms with E-state index in [2.05, 4.69) is 17.1 Å². The van der Waals surface area contributed by atoms with Gasteiger partial charge >= 0.3 is 0 Å². The van der Waals surface area contributed by atoms with Crippen LogP contribution in [0.1, 0.15) is 31.6 Å². The van der Waals surface area contributed by atoms with Crippen LogP contribution in [0.25, 0.3) is 0 Å². The van der Waals surface area contributed by atoms with Gasteiger partial charge in [-0.25, -0.2) is 0 Å². The fourth-order valence-electron chi connectivity index (χ4n) is 2.28. The summed E-state index contributed by atoms with van der Waals surface area (Å²) in [4.78, 5) is 2.48.